The Kier molecular flexibility index (Phi) is 7.23. The van der Waals surface area contributed by atoms with Gasteiger partial charge in [-0.25, -0.2) is 4.79 Å². The number of azo groups is 1. The smallest absolute Gasteiger partial charge is 0.337 e. The van der Waals surface area contributed by atoms with Gasteiger partial charge in [0.15, 0.2) is 5.70 Å². The number of carboxylic acid groups (broad SMARTS) is 1. The fourth-order valence-electron chi connectivity index (χ4n) is 2.12. The van der Waals surface area contributed by atoms with E-state index in [1.807, 2.05) is 0 Å². The van der Waals surface area contributed by atoms with Crippen LogP contribution in [0.2, 0.25) is 0 Å². The highest BCUT2D eigenvalue weighted by molar-refractivity contribution is 6.03. The zero-order chi connectivity index (χ0) is 20.5. The molecule has 0 bridgehead atoms. The van der Waals surface area contributed by atoms with E-state index in [9.17, 15) is 14.7 Å². The van der Waals surface area contributed by atoms with Gasteiger partial charge < -0.3 is 25.4 Å². The number of ether oxygens (including phenoxy) is 1. The van der Waals surface area contributed by atoms with Gasteiger partial charge >= 0.3 is 5.97 Å². The predicted octanol–water partition coefficient (Wildman–Crippen LogP) is 3.27. The normalized spacial score (nSPS) is 11.8. The van der Waals surface area contributed by atoms with E-state index >= 15 is 0 Å². The maximum absolute atomic E-state index is 12.4. The number of rotatable bonds is 8. The second-order valence-corrected chi connectivity index (χ2v) is 5.51. The van der Waals surface area contributed by atoms with Crippen LogP contribution in [0.5, 0.6) is 5.75 Å². The maximum Gasteiger partial charge on any atom is 0.337 e. The summed E-state index contributed by atoms with van der Waals surface area (Å²) in [5, 5.41) is 37.7. The lowest BCUT2D eigenvalue weighted by Gasteiger charge is -2.08. The average molecular weight is 385 g/mol. The van der Waals surface area contributed by atoms with Crippen LogP contribution in [0.3, 0.4) is 0 Å². The van der Waals surface area contributed by atoms with Crippen molar-refractivity contribution in [1.29, 1.82) is 0 Å². The quantitative estimate of drug-likeness (QED) is 0.312. The third kappa shape index (κ3) is 5.64. The molecule has 2 rings (SSSR count). The third-order valence-corrected chi connectivity index (χ3v) is 3.42. The number of aromatic carboxylic acids is 1. The zero-order valence-corrected chi connectivity index (χ0v) is 15.0. The highest BCUT2D eigenvalue weighted by atomic mass is 16.5. The third-order valence-electron chi connectivity index (χ3n) is 3.42. The first-order valence-corrected chi connectivity index (χ1v) is 8.21. The first kappa shape index (κ1) is 20.6. The number of carbonyl (C=O) groups excluding carboxylic acids is 1. The number of carbonyl (C=O) groups is 2. The molecule has 1 amide bonds. The van der Waals surface area contributed by atoms with Gasteiger partial charge in [-0.05, 0) is 43.3 Å². The van der Waals surface area contributed by atoms with E-state index in [2.05, 4.69) is 15.5 Å². The number of aliphatic hydroxyl groups excluding tert-OH is 2. The molecule has 0 radical (unpaired) electrons. The Labute approximate surface area is 160 Å². The summed E-state index contributed by atoms with van der Waals surface area (Å²) in [6.07, 6.45) is 0. The van der Waals surface area contributed by atoms with Crippen LogP contribution in [-0.2, 0) is 4.79 Å². The van der Waals surface area contributed by atoms with Gasteiger partial charge in [-0.1, -0.05) is 12.1 Å². The van der Waals surface area contributed by atoms with Gasteiger partial charge in [-0.15, -0.1) is 10.2 Å². The lowest BCUT2D eigenvalue weighted by atomic mass is 10.2. The summed E-state index contributed by atoms with van der Waals surface area (Å²) >= 11 is 0. The number of hydrogen-bond donors (Lipinski definition) is 4. The van der Waals surface area contributed by atoms with Crippen molar-refractivity contribution in [2.75, 3.05) is 18.5 Å². The number of hydrogen-bond acceptors (Lipinski definition) is 7. The van der Waals surface area contributed by atoms with Crippen molar-refractivity contribution < 1.29 is 29.6 Å². The number of benzene rings is 2. The molecule has 0 aromatic heterocycles. The van der Waals surface area contributed by atoms with Crippen LogP contribution >= 0.6 is 0 Å². The molecule has 0 saturated carbocycles. The highest BCUT2D eigenvalue weighted by Crippen LogP contribution is 2.21. The predicted molar refractivity (Wildman–Crippen MR) is 101 cm³/mol. The van der Waals surface area contributed by atoms with Crippen molar-refractivity contribution in [2.45, 2.75) is 6.92 Å². The molecule has 0 aliphatic rings. The van der Waals surface area contributed by atoms with Crippen LogP contribution < -0.4 is 10.1 Å². The topological polar surface area (TPSA) is 141 Å². The largest absolute Gasteiger partial charge is 0.510 e. The van der Waals surface area contributed by atoms with Crippen LogP contribution in [0.15, 0.2) is 70.2 Å². The minimum atomic E-state index is -1.19. The summed E-state index contributed by atoms with van der Waals surface area (Å²) in [4.78, 5) is 23.6. The van der Waals surface area contributed by atoms with Crippen molar-refractivity contribution in [3.8, 4) is 5.75 Å². The van der Waals surface area contributed by atoms with E-state index < -0.39 is 11.9 Å². The van der Waals surface area contributed by atoms with E-state index in [0.717, 1.165) is 0 Å². The molecule has 0 fully saturated rings. The van der Waals surface area contributed by atoms with Crippen molar-refractivity contribution in [3.63, 3.8) is 0 Å². The molecular formula is C19H19N3O6. The van der Waals surface area contributed by atoms with E-state index in [1.54, 1.807) is 30.3 Å². The van der Waals surface area contributed by atoms with E-state index in [-0.39, 0.29) is 35.9 Å². The van der Waals surface area contributed by atoms with E-state index in [1.165, 1.54) is 25.1 Å². The minimum Gasteiger partial charge on any atom is -0.510 e. The fraction of sp³-hybridized carbons (Fsp3) is 0.158. The Morgan fingerprint density at radius 1 is 1.07 bits per heavy atom. The molecule has 0 spiro atoms. The summed E-state index contributed by atoms with van der Waals surface area (Å²) in [7, 11) is 0. The second-order valence-electron chi connectivity index (χ2n) is 5.51. The molecule has 146 valence electrons. The molecule has 0 aliphatic carbocycles. The standard InChI is InChI=1S/C19H19N3O6/c1-12(24)17(22-21-16-5-3-2-4-15(16)19(26)27)18(25)20-13-6-8-14(9-7-13)28-11-10-23/h2-9,23-24H,10-11H2,1H3,(H,20,25)(H,26,27). The van der Waals surface area contributed by atoms with Crippen LogP contribution in [0.25, 0.3) is 0 Å². The first-order chi connectivity index (χ1) is 13.4. The van der Waals surface area contributed by atoms with Crippen LogP contribution in [0.4, 0.5) is 11.4 Å². The Morgan fingerprint density at radius 2 is 1.75 bits per heavy atom. The van der Waals surface area contributed by atoms with Gasteiger partial charge in [0.2, 0.25) is 0 Å². The number of aliphatic hydroxyl groups is 2. The summed E-state index contributed by atoms with van der Waals surface area (Å²) in [5.41, 5.74) is 0.0223. The highest BCUT2D eigenvalue weighted by Gasteiger charge is 2.15. The summed E-state index contributed by atoms with van der Waals surface area (Å²) in [6, 6.07) is 12.3. The zero-order valence-electron chi connectivity index (χ0n) is 15.0. The van der Waals surface area contributed by atoms with Crippen LogP contribution in [-0.4, -0.2) is 40.4 Å². The number of amides is 1. The van der Waals surface area contributed by atoms with Gasteiger partial charge in [0.1, 0.15) is 23.8 Å². The second kappa shape index (κ2) is 9.83. The van der Waals surface area contributed by atoms with Crippen molar-refractivity contribution in [1.82, 2.24) is 0 Å². The SMILES string of the molecule is CC(O)=C(N=Nc1ccccc1C(=O)O)C(=O)Nc1ccc(OCCO)cc1. The number of nitrogens with zero attached hydrogens (tertiary/aromatic N) is 2. The maximum atomic E-state index is 12.4. The first-order valence-electron chi connectivity index (χ1n) is 8.21. The monoisotopic (exact) mass is 385 g/mol. The molecule has 2 aromatic carbocycles. The van der Waals surface area contributed by atoms with Crippen LogP contribution in [0, 0.1) is 0 Å². The summed E-state index contributed by atoms with van der Waals surface area (Å²) < 4.78 is 5.23. The Balaban J connectivity index is 2.15. The van der Waals surface area contributed by atoms with Crippen molar-refractivity contribution in [2.24, 2.45) is 10.2 Å². The molecule has 9 heteroatoms. The molecular weight excluding hydrogens is 366 g/mol. The van der Waals surface area contributed by atoms with E-state index in [4.69, 9.17) is 14.9 Å². The molecule has 9 nitrogen and oxygen atoms in total. The lowest BCUT2D eigenvalue weighted by molar-refractivity contribution is -0.113. The van der Waals surface area contributed by atoms with Gasteiger partial charge in [0, 0.05) is 5.69 Å². The average Bonchev–Trinajstić information content (AvgIpc) is 2.67. The molecule has 4 N–H and O–H groups in total. The molecule has 0 unspecified atom stereocenters. The molecule has 2 aromatic rings. The van der Waals surface area contributed by atoms with Gasteiger partial charge in [0.25, 0.3) is 5.91 Å². The summed E-state index contributed by atoms with van der Waals surface area (Å²) in [6.45, 7) is 1.31. The van der Waals surface area contributed by atoms with Crippen molar-refractivity contribution >= 4 is 23.3 Å². The van der Waals surface area contributed by atoms with Crippen molar-refractivity contribution in [3.05, 3.63) is 65.6 Å². The molecule has 28 heavy (non-hydrogen) atoms. The Morgan fingerprint density at radius 3 is 2.36 bits per heavy atom. The Hall–Kier alpha value is -3.72. The van der Waals surface area contributed by atoms with Gasteiger partial charge in [0.05, 0.1) is 12.2 Å². The summed E-state index contributed by atoms with van der Waals surface area (Å²) in [5.74, 6) is -1.77. The molecule has 0 aliphatic heterocycles. The van der Waals surface area contributed by atoms with Gasteiger partial charge in [-0.2, -0.15) is 0 Å². The lowest BCUT2D eigenvalue weighted by Crippen LogP contribution is -2.14. The fourth-order valence-corrected chi connectivity index (χ4v) is 2.12. The van der Waals surface area contributed by atoms with Crippen LogP contribution in [0.1, 0.15) is 17.3 Å². The number of allylic oxidation sites excluding steroid dienone is 1. The number of anilines is 1. The number of nitrogens with one attached hydrogen (secondary N) is 1. The molecule has 0 heterocycles. The molecule has 0 saturated heterocycles. The van der Waals surface area contributed by atoms with Gasteiger partial charge in [-0.3, -0.25) is 4.79 Å². The van der Waals surface area contributed by atoms with E-state index in [0.29, 0.717) is 11.4 Å². The minimum absolute atomic E-state index is 0.0481. The molecule has 0 atom stereocenters. The number of carboxylic acids is 1. The Bertz CT molecular complexity index is 902.